The highest BCUT2D eigenvalue weighted by Crippen LogP contribution is 2.13. The highest BCUT2D eigenvalue weighted by molar-refractivity contribution is 7.89. The summed E-state index contributed by atoms with van der Waals surface area (Å²) in [7, 11) is -3.81. The van der Waals surface area contributed by atoms with E-state index in [2.05, 4.69) is 5.32 Å². The molecule has 1 rings (SSSR count). The minimum atomic E-state index is -3.81. The van der Waals surface area contributed by atoms with Crippen molar-refractivity contribution in [1.82, 2.24) is 9.88 Å². The summed E-state index contributed by atoms with van der Waals surface area (Å²) < 4.78 is 29.4. The lowest BCUT2D eigenvalue weighted by Crippen LogP contribution is -2.29. The number of hydrogen-bond acceptors (Lipinski definition) is 4. The van der Waals surface area contributed by atoms with Crippen LogP contribution in [0.3, 0.4) is 0 Å². The van der Waals surface area contributed by atoms with E-state index in [1.807, 2.05) is 20.8 Å². The number of nitrogens with one attached hydrogen (secondary N) is 1. The highest BCUT2D eigenvalue weighted by atomic mass is 32.2. The van der Waals surface area contributed by atoms with Crippen molar-refractivity contribution in [1.29, 1.82) is 0 Å². The second-order valence-corrected chi connectivity index (χ2v) is 6.13. The Balaban J connectivity index is 2.75. The fourth-order valence-corrected chi connectivity index (χ4v) is 2.19. The van der Waals surface area contributed by atoms with Crippen molar-refractivity contribution in [3.63, 3.8) is 0 Å². The van der Waals surface area contributed by atoms with Gasteiger partial charge in [-0.2, -0.15) is 0 Å². The molecule has 114 valence electrons. The van der Waals surface area contributed by atoms with E-state index in [-0.39, 0.29) is 22.6 Å². The third-order valence-corrected chi connectivity index (χ3v) is 3.49. The lowest BCUT2D eigenvalue weighted by molar-refractivity contribution is 0.0743. The number of hydrogen-bond donors (Lipinski definition) is 2. The van der Waals surface area contributed by atoms with E-state index in [0.717, 1.165) is 0 Å². The molecule has 0 saturated carbocycles. The molecule has 0 aliphatic heterocycles. The summed E-state index contributed by atoms with van der Waals surface area (Å²) in [4.78, 5) is 11.9. The smallest absolute Gasteiger partial charge is 0.268 e. The maximum atomic E-state index is 12.0. The second-order valence-electron chi connectivity index (χ2n) is 4.57. The number of rotatable bonds is 7. The number of aryl methyl sites for hydroxylation is 1. The number of aromatic nitrogens is 1. The molecule has 0 aliphatic carbocycles. The Morgan fingerprint density at radius 3 is 2.65 bits per heavy atom. The summed E-state index contributed by atoms with van der Waals surface area (Å²) in [5.41, 5.74) is 0.265. The molecule has 0 atom stereocenters. The predicted octanol–water partition coefficient (Wildman–Crippen LogP) is 0.310. The van der Waals surface area contributed by atoms with Crippen LogP contribution in [0.25, 0.3) is 0 Å². The first-order valence-electron chi connectivity index (χ1n) is 6.38. The van der Waals surface area contributed by atoms with Gasteiger partial charge in [-0.3, -0.25) is 4.79 Å². The molecule has 3 N–H and O–H groups in total. The molecule has 7 nitrogen and oxygen atoms in total. The maximum Gasteiger partial charge on any atom is 0.268 e. The number of sulfonamides is 1. The minimum absolute atomic E-state index is 0.0667. The van der Waals surface area contributed by atoms with Gasteiger partial charge in [-0.25, -0.2) is 13.6 Å². The van der Waals surface area contributed by atoms with E-state index >= 15 is 0 Å². The Hall–Kier alpha value is -1.38. The molecule has 1 amide bonds. The molecule has 0 unspecified atom stereocenters. The average molecular weight is 303 g/mol. The van der Waals surface area contributed by atoms with Crippen LogP contribution in [-0.2, 0) is 21.3 Å². The first-order chi connectivity index (χ1) is 9.25. The molecule has 0 aliphatic rings. The molecule has 0 radical (unpaired) electrons. The lowest BCUT2D eigenvalue weighted by atomic mass is 10.4. The molecule has 0 saturated heterocycles. The molecule has 1 aromatic heterocycles. The Morgan fingerprint density at radius 2 is 2.15 bits per heavy atom. The van der Waals surface area contributed by atoms with Crippen LogP contribution in [0.4, 0.5) is 0 Å². The number of amides is 1. The quantitative estimate of drug-likeness (QED) is 0.707. The van der Waals surface area contributed by atoms with Crippen molar-refractivity contribution in [3.8, 4) is 0 Å². The molecule has 8 heteroatoms. The average Bonchev–Trinajstić information content (AvgIpc) is 2.78. The maximum absolute atomic E-state index is 12.0. The third-order valence-electron chi connectivity index (χ3n) is 2.61. The summed E-state index contributed by atoms with van der Waals surface area (Å²) in [5.74, 6) is -0.353. The first-order valence-corrected chi connectivity index (χ1v) is 7.93. The van der Waals surface area contributed by atoms with Crippen molar-refractivity contribution < 1.29 is 17.9 Å². The SMILES string of the molecule is CCn1cc(S(N)(=O)=O)cc1C(=O)NCCOC(C)C. The van der Waals surface area contributed by atoms with Gasteiger partial charge in [-0.05, 0) is 26.8 Å². The molecule has 0 fully saturated rings. The summed E-state index contributed by atoms with van der Waals surface area (Å²) in [5, 5.41) is 7.73. The summed E-state index contributed by atoms with van der Waals surface area (Å²) >= 11 is 0. The normalized spacial score (nSPS) is 11.8. The zero-order chi connectivity index (χ0) is 15.3. The van der Waals surface area contributed by atoms with Gasteiger partial charge in [0.15, 0.2) is 0 Å². The standard InChI is InChI=1S/C12H21N3O4S/c1-4-15-8-10(20(13,17)18)7-11(15)12(16)14-5-6-19-9(2)3/h7-9H,4-6H2,1-3H3,(H,14,16)(H2,13,17,18). The van der Waals surface area contributed by atoms with Crippen molar-refractivity contribution in [2.45, 2.75) is 38.3 Å². The fourth-order valence-electron chi connectivity index (χ4n) is 1.64. The van der Waals surface area contributed by atoms with Crippen molar-refractivity contribution in [3.05, 3.63) is 18.0 Å². The molecular formula is C12H21N3O4S. The van der Waals surface area contributed by atoms with Crippen LogP contribution in [0.5, 0.6) is 0 Å². The monoisotopic (exact) mass is 303 g/mol. The van der Waals surface area contributed by atoms with E-state index in [1.165, 1.54) is 12.3 Å². The van der Waals surface area contributed by atoms with E-state index in [0.29, 0.717) is 19.7 Å². The van der Waals surface area contributed by atoms with Gasteiger partial charge in [0.05, 0.1) is 12.7 Å². The molecular weight excluding hydrogens is 282 g/mol. The van der Waals surface area contributed by atoms with Crippen LogP contribution < -0.4 is 10.5 Å². The van der Waals surface area contributed by atoms with Crippen LogP contribution in [0.15, 0.2) is 17.2 Å². The molecule has 1 aromatic rings. The van der Waals surface area contributed by atoms with Gasteiger partial charge in [-0.1, -0.05) is 0 Å². The number of primary sulfonamides is 1. The largest absolute Gasteiger partial charge is 0.377 e. The van der Waals surface area contributed by atoms with Gasteiger partial charge in [0.25, 0.3) is 5.91 Å². The van der Waals surface area contributed by atoms with Gasteiger partial charge in [0.2, 0.25) is 10.0 Å². The summed E-state index contributed by atoms with van der Waals surface area (Å²) in [6, 6.07) is 1.28. The topological polar surface area (TPSA) is 103 Å². The van der Waals surface area contributed by atoms with Crippen LogP contribution in [0.1, 0.15) is 31.3 Å². The highest BCUT2D eigenvalue weighted by Gasteiger charge is 2.18. The number of carbonyl (C=O) groups excluding carboxylic acids is 1. The van der Waals surface area contributed by atoms with Gasteiger partial charge >= 0.3 is 0 Å². The van der Waals surface area contributed by atoms with Crippen LogP contribution in [0.2, 0.25) is 0 Å². The Bertz CT molecular complexity index is 563. The van der Waals surface area contributed by atoms with Crippen LogP contribution in [-0.4, -0.2) is 38.1 Å². The van der Waals surface area contributed by atoms with E-state index < -0.39 is 10.0 Å². The number of carbonyl (C=O) groups is 1. The van der Waals surface area contributed by atoms with Gasteiger partial charge < -0.3 is 14.6 Å². The summed E-state index contributed by atoms with van der Waals surface area (Å²) in [6.07, 6.45) is 1.45. The summed E-state index contributed by atoms with van der Waals surface area (Å²) in [6.45, 7) is 6.85. The Morgan fingerprint density at radius 1 is 1.50 bits per heavy atom. The zero-order valence-electron chi connectivity index (χ0n) is 11.9. The first kappa shape index (κ1) is 16.7. The number of ether oxygens (including phenoxy) is 1. The number of nitrogens with two attached hydrogens (primary N) is 1. The molecule has 0 aromatic carbocycles. The lowest BCUT2D eigenvalue weighted by Gasteiger charge is -2.09. The Kier molecular flexibility index (Phi) is 5.73. The second kappa shape index (κ2) is 6.87. The van der Waals surface area contributed by atoms with Crippen molar-refractivity contribution >= 4 is 15.9 Å². The van der Waals surface area contributed by atoms with Crippen molar-refractivity contribution in [2.75, 3.05) is 13.2 Å². The molecule has 0 bridgehead atoms. The minimum Gasteiger partial charge on any atom is -0.377 e. The zero-order valence-corrected chi connectivity index (χ0v) is 12.7. The number of nitrogens with zero attached hydrogens (tertiary/aromatic N) is 1. The molecule has 0 spiro atoms. The van der Waals surface area contributed by atoms with E-state index in [9.17, 15) is 13.2 Å². The Labute approximate surface area is 119 Å². The van der Waals surface area contributed by atoms with Crippen LogP contribution in [0, 0.1) is 0 Å². The van der Waals surface area contributed by atoms with Gasteiger partial charge in [-0.15, -0.1) is 0 Å². The van der Waals surface area contributed by atoms with Crippen LogP contribution >= 0.6 is 0 Å². The van der Waals surface area contributed by atoms with E-state index in [1.54, 1.807) is 4.57 Å². The van der Waals surface area contributed by atoms with E-state index in [4.69, 9.17) is 9.88 Å². The predicted molar refractivity (Wildman–Crippen MR) is 74.9 cm³/mol. The molecule has 1 heterocycles. The van der Waals surface area contributed by atoms with Gasteiger partial charge in [0, 0.05) is 19.3 Å². The molecule has 20 heavy (non-hydrogen) atoms. The van der Waals surface area contributed by atoms with Gasteiger partial charge in [0.1, 0.15) is 10.6 Å². The third kappa shape index (κ3) is 4.62. The van der Waals surface area contributed by atoms with Crippen molar-refractivity contribution in [2.24, 2.45) is 5.14 Å². The fraction of sp³-hybridized carbons (Fsp3) is 0.583.